The van der Waals surface area contributed by atoms with Crippen LogP contribution in [-0.2, 0) is 4.74 Å². The number of hydrogen-bond acceptors (Lipinski definition) is 2. The number of nitrogens with zero attached hydrogens (tertiary/aromatic N) is 1. The van der Waals surface area contributed by atoms with Gasteiger partial charge in [-0.25, -0.2) is 0 Å². The average molecular weight is 307 g/mol. The normalized spacial score (nSPS) is 16.6. The van der Waals surface area contributed by atoms with Crippen molar-refractivity contribution in [3.05, 3.63) is 83.4 Å². The van der Waals surface area contributed by atoms with Crippen molar-refractivity contribution in [2.45, 2.75) is 26.0 Å². The molecule has 1 aliphatic rings. The van der Waals surface area contributed by atoms with Gasteiger partial charge < -0.3 is 4.74 Å². The summed E-state index contributed by atoms with van der Waals surface area (Å²) >= 11 is 0. The van der Waals surface area contributed by atoms with Gasteiger partial charge in [-0.15, -0.1) is 0 Å². The number of likely N-dealkylation sites (tertiary alicyclic amines) is 1. The van der Waals surface area contributed by atoms with Crippen LogP contribution in [0.5, 0.6) is 0 Å². The first-order valence-electron chi connectivity index (χ1n) is 8.35. The standard InChI is InChI=1S/C21H25NO/c1-3-17(2)16-23-20-14-22(15-20)21(18-10-6-4-7-11-18)19-12-8-5-9-13-19/h3-13,20-21H,14-16H2,1-2H3/b17-3+. The summed E-state index contributed by atoms with van der Waals surface area (Å²) in [6.45, 7) is 6.91. The molecule has 120 valence electrons. The summed E-state index contributed by atoms with van der Waals surface area (Å²) in [7, 11) is 0. The quantitative estimate of drug-likeness (QED) is 0.731. The van der Waals surface area contributed by atoms with Gasteiger partial charge in [0, 0.05) is 13.1 Å². The lowest BCUT2D eigenvalue weighted by Crippen LogP contribution is -2.53. The molecule has 0 N–H and O–H groups in total. The number of hydrogen-bond donors (Lipinski definition) is 0. The van der Waals surface area contributed by atoms with Gasteiger partial charge in [0.25, 0.3) is 0 Å². The molecule has 0 spiro atoms. The van der Waals surface area contributed by atoms with Crippen LogP contribution in [0.1, 0.15) is 31.0 Å². The lowest BCUT2D eigenvalue weighted by Gasteiger charge is -2.44. The minimum Gasteiger partial charge on any atom is -0.371 e. The molecule has 0 aromatic heterocycles. The van der Waals surface area contributed by atoms with Gasteiger partial charge >= 0.3 is 0 Å². The highest BCUT2D eigenvalue weighted by molar-refractivity contribution is 5.32. The topological polar surface area (TPSA) is 12.5 Å². The Balaban J connectivity index is 1.69. The van der Waals surface area contributed by atoms with E-state index in [9.17, 15) is 0 Å². The minimum absolute atomic E-state index is 0.320. The number of benzene rings is 2. The zero-order chi connectivity index (χ0) is 16.1. The summed E-state index contributed by atoms with van der Waals surface area (Å²) < 4.78 is 5.97. The van der Waals surface area contributed by atoms with Crippen LogP contribution in [0.15, 0.2) is 72.3 Å². The van der Waals surface area contributed by atoms with Crippen molar-refractivity contribution in [3.8, 4) is 0 Å². The number of rotatable bonds is 6. The maximum absolute atomic E-state index is 5.97. The smallest absolute Gasteiger partial charge is 0.0833 e. The Labute approximate surface area is 139 Å². The molecule has 0 radical (unpaired) electrons. The molecular formula is C21H25NO. The van der Waals surface area contributed by atoms with E-state index in [4.69, 9.17) is 4.74 Å². The second-order valence-electron chi connectivity index (χ2n) is 6.25. The fraction of sp³-hybridized carbons (Fsp3) is 0.333. The second kappa shape index (κ2) is 7.58. The number of allylic oxidation sites excluding steroid dienone is 1. The highest BCUT2D eigenvalue weighted by Gasteiger charge is 2.34. The Morgan fingerprint density at radius 2 is 1.57 bits per heavy atom. The third kappa shape index (κ3) is 3.90. The van der Waals surface area contributed by atoms with Crippen molar-refractivity contribution in [2.75, 3.05) is 19.7 Å². The van der Waals surface area contributed by atoms with Crippen LogP contribution in [0.25, 0.3) is 0 Å². The third-order valence-electron chi connectivity index (χ3n) is 4.51. The molecule has 2 nitrogen and oxygen atoms in total. The molecule has 2 heteroatoms. The maximum Gasteiger partial charge on any atom is 0.0833 e. The highest BCUT2D eigenvalue weighted by atomic mass is 16.5. The first-order chi connectivity index (χ1) is 11.3. The van der Waals surface area contributed by atoms with Crippen LogP contribution >= 0.6 is 0 Å². The molecule has 0 bridgehead atoms. The monoisotopic (exact) mass is 307 g/mol. The van der Waals surface area contributed by atoms with Crippen molar-refractivity contribution < 1.29 is 4.74 Å². The molecule has 1 aliphatic heterocycles. The average Bonchev–Trinajstić information content (AvgIpc) is 2.58. The van der Waals surface area contributed by atoms with Crippen LogP contribution in [0.4, 0.5) is 0 Å². The lowest BCUT2D eigenvalue weighted by atomic mass is 9.94. The molecular weight excluding hydrogens is 282 g/mol. The zero-order valence-electron chi connectivity index (χ0n) is 14.0. The van der Waals surface area contributed by atoms with Crippen LogP contribution in [0, 0.1) is 0 Å². The fourth-order valence-corrected chi connectivity index (χ4v) is 3.00. The third-order valence-corrected chi connectivity index (χ3v) is 4.51. The van der Waals surface area contributed by atoms with Crippen LogP contribution in [0.3, 0.4) is 0 Å². The predicted molar refractivity (Wildman–Crippen MR) is 95.5 cm³/mol. The van der Waals surface area contributed by atoms with Gasteiger partial charge in [-0.3, -0.25) is 4.90 Å². The van der Waals surface area contributed by atoms with Gasteiger partial charge in [-0.2, -0.15) is 0 Å². The van der Waals surface area contributed by atoms with Gasteiger partial charge in [0.15, 0.2) is 0 Å². The van der Waals surface area contributed by atoms with E-state index in [1.54, 1.807) is 0 Å². The van der Waals surface area contributed by atoms with E-state index in [1.165, 1.54) is 16.7 Å². The Morgan fingerprint density at radius 1 is 1.04 bits per heavy atom. The molecule has 0 saturated carbocycles. The van der Waals surface area contributed by atoms with Crippen LogP contribution in [0.2, 0.25) is 0 Å². The SMILES string of the molecule is C/C=C(\C)COC1CN(C(c2ccccc2)c2ccccc2)C1. The molecule has 0 aliphatic carbocycles. The van der Waals surface area contributed by atoms with Crippen molar-refractivity contribution in [2.24, 2.45) is 0 Å². The Kier molecular flexibility index (Phi) is 5.27. The van der Waals surface area contributed by atoms with Crippen molar-refractivity contribution in [1.29, 1.82) is 0 Å². The summed E-state index contributed by atoms with van der Waals surface area (Å²) in [6.07, 6.45) is 2.47. The Hall–Kier alpha value is -1.90. The van der Waals surface area contributed by atoms with E-state index in [2.05, 4.69) is 85.5 Å². The van der Waals surface area contributed by atoms with E-state index >= 15 is 0 Å². The first kappa shape index (κ1) is 16.0. The zero-order valence-corrected chi connectivity index (χ0v) is 14.0. The van der Waals surface area contributed by atoms with Gasteiger partial charge in [0.1, 0.15) is 0 Å². The second-order valence-corrected chi connectivity index (χ2v) is 6.25. The molecule has 23 heavy (non-hydrogen) atoms. The molecule has 1 saturated heterocycles. The van der Waals surface area contributed by atoms with Crippen LogP contribution < -0.4 is 0 Å². The Morgan fingerprint density at radius 3 is 2.04 bits per heavy atom. The van der Waals surface area contributed by atoms with E-state index < -0.39 is 0 Å². The van der Waals surface area contributed by atoms with E-state index in [0.717, 1.165) is 19.7 Å². The van der Waals surface area contributed by atoms with E-state index in [1.807, 2.05) is 0 Å². The minimum atomic E-state index is 0.320. The summed E-state index contributed by atoms with van der Waals surface area (Å²) in [5, 5.41) is 0. The summed E-state index contributed by atoms with van der Waals surface area (Å²) in [5.41, 5.74) is 4.00. The summed E-state index contributed by atoms with van der Waals surface area (Å²) in [4.78, 5) is 2.50. The van der Waals surface area contributed by atoms with Gasteiger partial charge in [0.05, 0.1) is 18.8 Å². The maximum atomic E-state index is 5.97. The van der Waals surface area contributed by atoms with Crippen molar-refractivity contribution >= 4 is 0 Å². The summed E-state index contributed by atoms with van der Waals surface area (Å²) in [5.74, 6) is 0. The molecule has 0 amide bonds. The highest BCUT2D eigenvalue weighted by Crippen LogP contribution is 2.32. The van der Waals surface area contributed by atoms with Gasteiger partial charge in [-0.05, 0) is 25.0 Å². The molecule has 0 unspecified atom stereocenters. The predicted octanol–water partition coefficient (Wildman–Crippen LogP) is 4.44. The number of ether oxygens (including phenoxy) is 1. The van der Waals surface area contributed by atoms with Crippen molar-refractivity contribution in [1.82, 2.24) is 4.90 Å². The molecule has 1 fully saturated rings. The molecule has 3 rings (SSSR count). The largest absolute Gasteiger partial charge is 0.371 e. The first-order valence-corrected chi connectivity index (χ1v) is 8.35. The lowest BCUT2D eigenvalue weighted by molar-refractivity contribution is -0.0589. The molecule has 2 aromatic carbocycles. The molecule has 1 heterocycles. The molecule has 0 atom stereocenters. The van der Waals surface area contributed by atoms with Crippen molar-refractivity contribution in [3.63, 3.8) is 0 Å². The Bertz CT molecular complexity index is 590. The molecule has 2 aromatic rings. The van der Waals surface area contributed by atoms with E-state index in [0.29, 0.717) is 12.1 Å². The van der Waals surface area contributed by atoms with E-state index in [-0.39, 0.29) is 0 Å². The summed E-state index contributed by atoms with van der Waals surface area (Å²) in [6, 6.07) is 21.8. The van der Waals surface area contributed by atoms with Gasteiger partial charge in [0.2, 0.25) is 0 Å². The fourth-order valence-electron chi connectivity index (χ4n) is 3.00. The van der Waals surface area contributed by atoms with Gasteiger partial charge in [-0.1, -0.05) is 72.3 Å². The van der Waals surface area contributed by atoms with Crippen LogP contribution in [-0.4, -0.2) is 30.7 Å².